The van der Waals surface area contributed by atoms with Crippen molar-refractivity contribution in [2.24, 2.45) is 5.92 Å². The number of amides is 4. The maximum Gasteiger partial charge on any atom is 0.328 e. The predicted molar refractivity (Wildman–Crippen MR) is 242 cm³/mol. The Morgan fingerprint density at radius 2 is 1.54 bits per heavy atom. The smallest absolute Gasteiger partial charge is 0.328 e. The van der Waals surface area contributed by atoms with Gasteiger partial charge in [-0.2, -0.15) is 10.1 Å². The summed E-state index contributed by atoms with van der Waals surface area (Å²) in [5.41, 5.74) is 9.87. The molecule has 0 spiro atoms. The zero-order chi connectivity index (χ0) is 43.2. The summed E-state index contributed by atoms with van der Waals surface area (Å²) in [7, 11) is 0. The Labute approximate surface area is 366 Å². The lowest BCUT2D eigenvalue weighted by molar-refractivity contribution is -0.120. The van der Waals surface area contributed by atoms with Crippen LogP contribution in [0.15, 0.2) is 83.5 Å². The number of anilines is 3. The quantitative estimate of drug-likeness (QED) is 0.123. The highest BCUT2D eigenvalue weighted by atomic mass is 16.5. The number of nitrogens with one attached hydrogen (secondary N) is 3. The highest BCUT2D eigenvalue weighted by Crippen LogP contribution is 2.46. The molecule has 3 N–H and O–H groups in total. The summed E-state index contributed by atoms with van der Waals surface area (Å²) in [6.45, 7) is 13.8. The van der Waals surface area contributed by atoms with E-state index in [4.69, 9.17) is 9.51 Å². The molecule has 1 atom stereocenters. The number of piperazine rings is 1. The summed E-state index contributed by atoms with van der Waals surface area (Å²) in [6.07, 6.45) is 6.55. The molecule has 3 aromatic heterocycles. The molecule has 1 aliphatic carbocycles. The molecule has 1 saturated carbocycles. The van der Waals surface area contributed by atoms with Crippen molar-refractivity contribution < 1.29 is 18.9 Å². The number of imide groups is 1. The van der Waals surface area contributed by atoms with Crippen LogP contribution in [0, 0.1) is 12.8 Å². The summed E-state index contributed by atoms with van der Waals surface area (Å²) in [5.74, 6) is 0.684. The van der Waals surface area contributed by atoms with Crippen molar-refractivity contribution in [3.05, 3.63) is 102 Å². The number of aryl methyl sites for hydroxylation is 1. The van der Waals surface area contributed by atoms with E-state index in [2.05, 4.69) is 107 Å². The van der Waals surface area contributed by atoms with Crippen molar-refractivity contribution in [3.8, 4) is 22.4 Å². The molecule has 3 saturated heterocycles. The molecule has 15 heteroatoms. The molecule has 1 unspecified atom stereocenters. The monoisotopic (exact) mass is 847 g/mol. The van der Waals surface area contributed by atoms with Crippen LogP contribution in [0.25, 0.3) is 33.4 Å². The minimum absolute atomic E-state index is 0.00489. The number of hydrogen-bond acceptors (Lipinski definition) is 11. The minimum atomic E-state index is -0.377. The number of nitrogens with zero attached hydrogens (tertiary/aromatic N) is 8. The van der Waals surface area contributed by atoms with Crippen LogP contribution in [-0.4, -0.2) is 100 Å². The van der Waals surface area contributed by atoms with E-state index in [1.807, 2.05) is 38.2 Å². The predicted octanol–water partition coefficient (Wildman–Crippen LogP) is 7.01. The van der Waals surface area contributed by atoms with Gasteiger partial charge in [0.25, 0.3) is 0 Å². The Bertz CT molecular complexity index is 2650. The van der Waals surface area contributed by atoms with Crippen LogP contribution in [0.2, 0.25) is 0 Å². The van der Waals surface area contributed by atoms with Crippen LogP contribution >= 0.6 is 0 Å². The molecule has 63 heavy (non-hydrogen) atoms. The van der Waals surface area contributed by atoms with Gasteiger partial charge in [0.05, 0.1) is 11.7 Å². The number of rotatable bonds is 11. The zero-order valence-electron chi connectivity index (χ0n) is 36.1. The van der Waals surface area contributed by atoms with E-state index in [0.29, 0.717) is 30.4 Å². The molecule has 3 aromatic carbocycles. The number of hydrogen-bond donors (Lipinski definition) is 3. The first-order valence-corrected chi connectivity index (χ1v) is 22.2. The maximum atomic E-state index is 13.0. The fourth-order valence-corrected chi connectivity index (χ4v) is 9.35. The molecule has 15 nitrogen and oxygen atoms in total. The van der Waals surface area contributed by atoms with Crippen molar-refractivity contribution in [3.63, 3.8) is 0 Å². The SMILES string of the molecule is Cc1cc(-c2[nH]nc3ncc(-c4ccc(N5CCN(CC6CCN(c7ccc(N8CCC(=O)NC8=O)cc7)CC6)CC5)cc4)cc23)ccc1C(C)NC(=O)c1nc(C2(C)CC2)no1. The topological polar surface area (TPSA) is 169 Å². The first-order valence-electron chi connectivity index (χ1n) is 22.2. The molecule has 4 amide bonds. The number of carbonyl (C=O) groups excluding carboxylic acids is 3. The molecule has 324 valence electrons. The first-order chi connectivity index (χ1) is 30.6. The largest absolute Gasteiger partial charge is 0.372 e. The average Bonchev–Trinajstić information content (AvgIpc) is 3.64. The fourth-order valence-electron chi connectivity index (χ4n) is 9.35. The average molecular weight is 848 g/mol. The molecule has 6 aromatic rings. The summed E-state index contributed by atoms with van der Waals surface area (Å²) >= 11 is 0. The van der Waals surface area contributed by atoms with Crippen molar-refractivity contribution >= 4 is 45.9 Å². The third-order valence-electron chi connectivity index (χ3n) is 13.6. The Kier molecular flexibility index (Phi) is 10.7. The van der Waals surface area contributed by atoms with Gasteiger partial charge in [-0.25, -0.2) is 9.78 Å². The number of H-pyrrole nitrogens is 1. The standard InChI is InChI=1S/C48H53N11O4/c1-30-26-34(6-13-39(30)31(2)50-44(61)45-52-46(55-63-45)48(3)17-18-48)42-40-27-35(28-49-43(40)54-53-42)33-4-7-36(8-5-33)58-24-22-56(23-25-58)29-32-14-19-57(20-15-32)37-9-11-38(12-10-37)59-21-16-41(60)51-47(59)62/h4-13,26-28,31-32H,14-25,29H2,1-3H3,(H,50,61)(H,49,53,54)(H,51,60,62). The van der Waals surface area contributed by atoms with E-state index in [1.54, 1.807) is 4.90 Å². The van der Waals surface area contributed by atoms with E-state index < -0.39 is 0 Å². The minimum Gasteiger partial charge on any atom is -0.372 e. The Morgan fingerprint density at radius 1 is 0.857 bits per heavy atom. The van der Waals surface area contributed by atoms with E-state index in [1.165, 1.54) is 11.4 Å². The number of piperidine rings is 1. The van der Waals surface area contributed by atoms with Gasteiger partial charge in [-0.15, -0.1) is 0 Å². The van der Waals surface area contributed by atoms with Gasteiger partial charge in [0.2, 0.25) is 5.91 Å². The molecule has 0 bridgehead atoms. The van der Waals surface area contributed by atoms with Crippen molar-refractivity contribution in [2.75, 3.05) is 67.1 Å². The lowest BCUT2D eigenvalue weighted by Crippen LogP contribution is -2.49. The normalized spacial score (nSPS) is 18.7. The van der Waals surface area contributed by atoms with Gasteiger partial charge >= 0.3 is 17.8 Å². The second-order valence-corrected chi connectivity index (χ2v) is 18.0. The van der Waals surface area contributed by atoms with Crippen molar-refractivity contribution in [1.82, 2.24) is 40.9 Å². The third-order valence-corrected chi connectivity index (χ3v) is 13.6. The summed E-state index contributed by atoms with van der Waals surface area (Å²) in [6, 6.07) is 24.7. The zero-order valence-corrected chi connectivity index (χ0v) is 36.1. The molecule has 10 rings (SSSR count). The number of urea groups is 1. The van der Waals surface area contributed by atoms with E-state index >= 15 is 0 Å². The molecular formula is C48H53N11O4. The van der Waals surface area contributed by atoms with Gasteiger partial charge in [0.1, 0.15) is 0 Å². The second-order valence-electron chi connectivity index (χ2n) is 18.0. The number of aromatic nitrogens is 5. The van der Waals surface area contributed by atoms with Gasteiger partial charge in [0.15, 0.2) is 11.5 Å². The lowest BCUT2D eigenvalue weighted by Gasteiger charge is -2.40. The van der Waals surface area contributed by atoms with Gasteiger partial charge < -0.3 is 19.6 Å². The van der Waals surface area contributed by atoms with Gasteiger partial charge in [-0.3, -0.25) is 29.8 Å². The van der Waals surface area contributed by atoms with E-state index in [0.717, 1.165) is 116 Å². The highest BCUT2D eigenvalue weighted by Gasteiger charge is 2.44. The first kappa shape index (κ1) is 40.5. The second kappa shape index (κ2) is 16.6. The Morgan fingerprint density at radius 3 is 2.24 bits per heavy atom. The summed E-state index contributed by atoms with van der Waals surface area (Å²) < 4.78 is 5.29. The molecule has 0 radical (unpaired) electrons. The third kappa shape index (κ3) is 8.36. The Hall–Kier alpha value is -6.61. The van der Waals surface area contributed by atoms with Crippen molar-refractivity contribution in [1.29, 1.82) is 0 Å². The van der Waals surface area contributed by atoms with Crippen LogP contribution in [0.4, 0.5) is 21.9 Å². The van der Waals surface area contributed by atoms with Gasteiger partial charge in [-0.05, 0) is 111 Å². The van der Waals surface area contributed by atoms with Crippen LogP contribution < -0.4 is 25.3 Å². The van der Waals surface area contributed by atoms with E-state index in [9.17, 15) is 14.4 Å². The van der Waals surface area contributed by atoms with Gasteiger partial charge in [0, 0.05) is 104 Å². The van der Waals surface area contributed by atoms with Crippen molar-refractivity contribution in [2.45, 2.75) is 64.3 Å². The lowest BCUT2D eigenvalue weighted by atomic mass is 9.95. The molecule has 4 fully saturated rings. The molecule has 4 aliphatic rings. The van der Waals surface area contributed by atoms with E-state index in [-0.39, 0.29) is 35.2 Å². The number of benzene rings is 3. The Balaban J connectivity index is 0.714. The molecule has 6 heterocycles. The maximum absolute atomic E-state index is 13.0. The highest BCUT2D eigenvalue weighted by molar-refractivity contribution is 6.05. The molecule has 3 aliphatic heterocycles. The van der Waals surface area contributed by atoms with Crippen LogP contribution in [0.1, 0.15) is 79.6 Å². The summed E-state index contributed by atoms with van der Waals surface area (Å²) in [5, 5.41) is 18.1. The van der Waals surface area contributed by atoms with Gasteiger partial charge in [-0.1, -0.05) is 36.3 Å². The van der Waals surface area contributed by atoms with Crippen LogP contribution in [0.3, 0.4) is 0 Å². The van der Waals surface area contributed by atoms with Crippen LogP contribution in [0.5, 0.6) is 0 Å². The molecular weight excluding hydrogens is 795 g/mol. The summed E-state index contributed by atoms with van der Waals surface area (Å²) in [4.78, 5) is 55.0. The van der Waals surface area contributed by atoms with Crippen LogP contribution in [-0.2, 0) is 10.2 Å². The number of carbonyl (C=O) groups is 3. The number of pyridine rings is 1. The fraction of sp³-hybridized carbons (Fsp3) is 0.396. The number of fused-ring (bicyclic) bond motifs is 1. The number of aromatic amines is 1.